The minimum atomic E-state index is -0.417. The zero-order chi connectivity index (χ0) is 14.7. The maximum Gasteiger partial charge on any atom is 0.269 e. The fourth-order valence-corrected chi connectivity index (χ4v) is 1.97. The molecule has 0 bridgehead atoms. The van der Waals surface area contributed by atoms with E-state index in [0.29, 0.717) is 12.1 Å². The van der Waals surface area contributed by atoms with E-state index < -0.39 is 4.92 Å². The largest absolute Gasteiger partial charge is 0.381 e. The summed E-state index contributed by atoms with van der Waals surface area (Å²) in [6.07, 6.45) is 0. The number of rotatable bonds is 4. The van der Waals surface area contributed by atoms with Crippen LogP contribution in [-0.4, -0.2) is 4.92 Å². The van der Waals surface area contributed by atoms with Gasteiger partial charge in [0, 0.05) is 24.4 Å². The number of hydrogen-bond acceptors (Lipinski definition) is 3. The van der Waals surface area contributed by atoms with Gasteiger partial charge in [-0.1, -0.05) is 12.1 Å². The third kappa shape index (κ3) is 3.12. The summed E-state index contributed by atoms with van der Waals surface area (Å²) < 4.78 is 13.2. The Kier molecular flexibility index (Phi) is 3.98. The molecule has 0 saturated heterocycles. The second-order valence-corrected chi connectivity index (χ2v) is 4.69. The first-order valence-electron chi connectivity index (χ1n) is 6.21. The van der Waals surface area contributed by atoms with Gasteiger partial charge < -0.3 is 5.32 Å². The van der Waals surface area contributed by atoms with Crippen molar-refractivity contribution in [2.75, 3.05) is 5.32 Å². The number of nitrogens with zero attached hydrogens (tertiary/aromatic N) is 1. The Labute approximate surface area is 116 Å². The van der Waals surface area contributed by atoms with Crippen molar-refractivity contribution < 1.29 is 9.31 Å². The molecule has 5 heteroatoms. The summed E-state index contributed by atoms with van der Waals surface area (Å²) in [5.41, 5.74) is 3.27. The van der Waals surface area contributed by atoms with E-state index in [4.69, 9.17) is 0 Å². The molecular formula is C15H15FN2O2. The Bertz CT molecular complexity index is 656. The standard InChI is InChI=1S/C15H15FN2O2/c1-10-7-12(3-5-14(10)16)9-17-15-6-4-13(18(19)20)8-11(15)2/h3-8,17H,9H2,1-2H3. The maximum atomic E-state index is 13.2. The first kappa shape index (κ1) is 14.0. The number of nitro groups is 1. The Morgan fingerprint density at radius 1 is 1.15 bits per heavy atom. The lowest BCUT2D eigenvalue weighted by atomic mass is 10.1. The number of anilines is 1. The highest BCUT2D eigenvalue weighted by atomic mass is 19.1. The van der Waals surface area contributed by atoms with Gasteiger partial charge in [-0.05, 0) is 42.7 Å². The molecule has 2 aromatic carbocycles. The van der Waals surface area contributed by atoms with Crippen molar-refractivity contribution in [2.45, 2.75) is 20.4 Å². The summed E-state index contributed by atoms with van der Waals surface area (Å²) in [5, 5.41) is 13.9. The van der Waals surface area contributed by atoms with Gasteiger partial charge in [-0.25, -0.2) is 4.39 Å². The van der Waals surface area contributed by atoms with E-state index in [0.717, 1.165) is 16.8 Å². The number of nitrogens with one attached hydrogen (secondary N) is 1. The Hall–Kier alpha value is -2.43. The van der Waals surface area contributed by atoms with Gasteiger partial charge >= 0.3 is 0 Å². The van der Waals surface area contributed by atoms with Crippen molar-refractivity contribution in [3.8, 4) is 0 Å². The van der Waals surface area contributed by atoms with Gasteiger partial charge in [0.15, 0.2) is 0 Å². The molecule has 0 heterocycles. The molecule has 104 valence electrons. The summed E-state index contributed by atoms with van der Waals surface area (Å²) in [5.74, 6) is -0.222. The fourth-order valence-electron chi connectivity index (χ4n) is 1.97. The highest BCUT2D eigenvalue weighted by Crippen LogP contribution is 2.22. The molecule has 0 saturated carbocycles. The van der Waals surface area contributed by atoms with E-state index in [1.54, 1.807) is 25.1 Å². The molecule has 2 aromatic rings. The highest BCUT2D eigenvalue weighted by Gasteiger charge is 2.08. The number of halogens is 1. The summed E-state index contributed by atoms with van der Waals surface area (Å²) >= 11 is 0. The van der Waals surface area contributed by atoms with E-state index in [1.807, 2.05) is 6.92 Å². The third-order valence-corrected chi connectivity index (χ3v) is 3.13. The normalized spacial score (nSPS) is 10.3. The van der Waals surface area contributed by atoms with Crippen LogP contribution in [0.3, 0.4) is 0 Å². The van der Waals surface area contributed by atoms with Crippen LogP contribution in [-0.2, 0) is 6.54 Å². The Morgan fingerprint density at radius 2 is 1.90 bits per heavy atom. The quantitative estimate of drug-likeness (QED) is 0.678. The van der Waals surface area contributed by atoms with Crippen molar-refractivity contribution in [1.29, 1.82) is 0 Å². The monoisotopic (exact) mass is 274 g/mol. The van der Waals surface area contributed by atoms with Crippen molar-refractivity contribution in [2.24, 2.45) is 0 Å². The molecule has 1 N–H and O–H groups in total. The third-order valence-electron chi connectivity index (χ3n) is 3.13. The number of benzene rings is 2. The Balaban J connectivity index is 2.10. The van der Waals surface area contributed by atoms with Crippen LogP contribution in [0.15, 0.2) is 36.4 Å². The molecule has 0 aliphatic carbocycles. The van der Waals surface area contributed by atoms with E-state index in [9.17, 15) is 14.5 Å². The lowest BCUT2D eigenvalue weighted by Gasteiger charge is -2.10. The van der Waals surface area contributed by atoms with Crippen LogP contribution in [0.25, 0.3) is 0 Å². The molecule has 2 rings (SSSR count). The number of nitro benzene ring substituents is 1. The van der Waals surface area contributed by atoms with Crippen LogP contribution < -0.4 is 5.32 Å². The average molecular weight is 274 g/mol. The molecule has 0 aliphatic rings. The molecule has 0 amide bonds. The molecule has 20 heavy (non-hydrogen) atoms. The maximum absolute atomic E-state index is 13.2. The zero-order valence-corrected chi connectivity index (χ0v) is 11.3. The lowest BCUT2D eigenvalue weighted by Crippen LogP contribution is -2.02. The molecule has 0 unspecified atom stereocenters. The highest BCUT2D eigenvalue weighted by molar-refractivity contribution is 5.55. The van der Waals surface area contributed by atoms with Crippen molar-refractivity contribution in [1.82, 2.24) is 0 Å². The van der Waals surface area contributed by atoms with Crippen LogP contribution in [0.5, 0.6) is 0 Å². The van der Waals surface area contributed by atoms with Crippen molar-refractivity contribution in [3.05, 3.63) is 69.0 Å². The van der Waals surface area contributed by atoms with Crippen molar-refractivity contribution >= 4 is 11.4 Å². The molecule has 0 radical (unpaired) electrons. The fraction of sp³-hybridized carbons (Fsp3) is 0.200. The van der Waals surface area contributed by atoms with Crippen LogP contribution in [0, 0.1) is 29.8 Å². The van der Waals surface area contributed by atoms with Gasteiger partial charge in [0.1, 0.15) is 5.82 Å². The van der Waals surface area contributed by atoms with E-state index in [-0.39, 0.29) is 11.5 Å². The van der Waals surface area contributed by atoms with Gasteiger partial charge in [-0.3, -0.25) is 10.1 Å². The first-order chi connectivity index (χ1) is 9.47. The smallest absolute Gasteiger partial charge is 0.269 e. The molecule has 4 nitrogen and oxygen atoms in total. The Morgan fingerprint density at radius 3 is 2.50 bits per heavy atom. The lowest BCUT2D eigenvalue weighted by molar-refractivity contribution is -0.384. The number of non-ortho nitro benzene ring substituents is 1. The van der Waals surface area contributed by atoms with Gasteiger partial charge in [0.05, 0.1) is 4.92 Å². The average Bonchev–Trinajstić information content (AvgIpc) is 2.41. The predicted octanol–water partition coefficient (Wildman–Crippen LogP) is 3.96. The topological polar surface area (TPSA) is 55.2 Å². The van der Waals surface area contributed by atoms with Gasteiger partial charge in [-0.15, -0.1) is 0 Å². The molecule has 0 aliphatic heterocycles. The van der Waals surface area contributed by atoms with Gasteiger partial charge in [-0.2, -0.15) is 0 Å². The molecular weight excluding hydrogens is 259 g/mol. The second-order valence-electron chi connectivity index (χ2n) is 4.69. The predicted molar refractivity (Wildman–Crippen MR) is 76.3 cm³/mol. The van der Waals surface area contributed by atoms with Gasteiger partial charge in [0.2, 0.25) is 0 Å². The second kappa shape index (κ2) is 5.69. The number of hydrogen-bond donors (Lipinski definition) is 1. The van der Waals surface area contributed by atoms with E-state index >= 15 is 0 Å². The molecule has 0 aromatic heterocycles. The summed E-state index contributed by atoms with van der Waals surface area (Å²) in [7, 11) is 0. The molecule has 0 spiro atoms. The zero-order valence-electron chi connectivity index (χ0n) is 11.3. The van der Waals surface area contributed by atoms with Gasteiger partial charge in [0.25, 0.3) is 5.69 Å². The SMILES string of the molecule is Cc1cc(CNc2ccc([N+](=O)[O-])cc2C)ccc1F. The van der Waals surface area contributed by atoms with Crippen LogP contribution >= 0.6 is 0 Å². The van der Waals surface area contributed by atoms with Crippen LogP contribution in [0.1, 0.15) is 16.7 Å². The minimum Gasteiger partial charge on any atom is -0.381 e. The van der Waals surface area contributed by atoms with E-state index in [1.165, 1.54) is 18.2 Å². The summed E-state index contributed by atoms with van der Waals surface area (Å²) in [6, 6.07) is 9.61. The van der Waals surface area contributed by atoms with E-state index in [2.05, 4.69) is 5.32 Å². The first-order valence-corrected chi connectivity index (χ1v) is 6.21. The minimum absolute atomic E-state index is 0.0747. The number of aryl methyl sites for hydroxylation is 2. The van der Waals surface area contributed by atoms with Crippen LogP contribution in [0.2, 0.25) is 0 Å². The molecule has 0 atom stereocenters. The summed E-state index contributed by atoms with van der Waals surface area (Å²) in [6.45, 7) is 4.07. The molecule has 0 fully saturated rings. The summed E-state index contributed by atoms with van der Waals surface area (Å²) in [4.78, 5) is 10.2. The van der Waals surface area contributed by atoms with Crippen LogP contribution in [0.4, 0.5) is 15.8 Å². The van der Waals surface area contributed by atoms with Crippen molar-refractivity contribution in [3.63, 3.8) is 0 Å².